The fourth-order valence-electron chi connectivity index (χ4n) is 0.522. The predicted octanol–water partition coefficient (Wildman–Crippen LogP) is -0.912. The highest BCUT2D eigenvalue weighted by atomic mass is 16.4. The summed E-state index contributed by atoms with van der Waals surface area (Å²) in [6, 6.07) is -1.47. The van der Waals surface area contributed by atoms with E-state index in [1.807, 2.05) is 0 Å². The summed E-state index contributed by atoms with van der Waals surface area (Å²) < 4.78 is 0. The van der Waals surface area contributed by atoms with Crippen LogP contribution in [0.3, 0.4) is 0 Å². The van der Waals surface area contributed by atoms with E-state index in [1.165, 1.54) is 6.92 Å². The molecule has 0 fully saturated rings. The molecule has 0 heterocycles. The van der Waals surface area contributed by atoms with Crippen molar-refractivity contribution in [1.82, 2.24) is 5.32 Å². The average molecular weight is 163 g/mol. The highest BCUT2D eigenvalue weighted by molar-refractivity contribution is 5.79. The summed E-state index contributed by atoms with van der Waals surface area (Å²) in [5.74, 6) is -1.40. The summed E-state index contributed by atoms with van der Waals surface area (Å²) in [6.07, 6.45) is -2.72. The van der Waals surface area contributed by atoms with Gasteiger partial charge in [-0.25, -0.2) is 9.59 Å². The van der Waals surface area contributed by atoms with Crippen molar-refractivity contribution in [2.24, 2.45) is 0 Å². The van der Waals surface area contributed by atoms with E-state index in [4.69, 9.17) is 15.3 Å². The number of carboxylic acid groups (broad SMARTS) is 2. The number of hydrogen-bond acceptors (Lipinski definition) is 3. The molecular weight excluding hydrogens is 154 g/mol. The van der Waals surface area contributed by atoms with E-state index in [9.17, 15) is 9.59 Å². The van der Waals surface area contributed by atoms with Gasteiger partial charge in [0.15, 0.2) is 6.04 Å². The maximum absolute atomic E-state index is 10.2. The van der Waals surface area contributed by atoms with Crippen LogP contribution in [0.1, 0.15) is 6.92 Å². The van der Waals surface area contributed by atoms with Crippen molar-refractivity contribution in [3.8, 4) is 0 Å². The second-order valence-electron chi connectivity index (χ2n) is 2.01. The van der Waals surface area contributed by atoms with Gasteiger partial charge in [0.25, 0.3) is 0 Å². The highest BCUT2D eigenvalue weighted by Crippen LogP contribution is 1.91. The van der Waals surface area contributed by atoms with Crippen LogP contribution >= 0.6 is 0 Å². The molecular formula is C5H9NO5. The first-order chi connectivity index (χ1) is 4.95. The van der Waals surface area contributed by atoms with Crippen LogP contribution in [-0.4, -0.2) is 39.5 Å². The Hall–Kier alpha value is -1.30. The molecule has 0 spiro atoms. The van der Waals surface area contributed by atoms with Crippen molar-refractivity contribution in [2.75, 3.05) is 0 Å². The molecule has 2 atom stereocenters. The maximum atomic E-state index is 10.2. The molecule has 0 rings (SSSR count). The van der Waals surface area contributed by atoms with Crippen molar-refractivity contribution in [2.45, 2.75) is 19.1 Å². The van der Waals surface area contributed by atoms with Crippen molar-refractivity contribution >= 4 is 12.1 Å². The van der Waals surface area contributed by atoms with Crippen LogP contribution in [0.2, 0.25) is 0 Å². The van der Waals surface area contributed by atoms with E-state index in [0.717, 1.165) is 0 Å². The van der Waals surface area contributed by atoms with Gasteiger partial charge in [-0.3, -0.25) is 0 Å². The lowest BCUT2D eigenvalue weighted by Crippen LogP contribution is -2.47. The summed E-state index contributed by atoms with van der Waals surface area (Å²) in [5.41, 5.74) is 0. The average Bonchev–Trinajstić information content (AvgIpc) is 1.81. The molecule has 0 aliphatic heterocycles. The zero-order valence-electron chi connectivity index (χ0n) is 5.81. The molecule has 0 aromatic rings. The van der Waals surface area contributed by atoms with Gasteiger partial charge in [-0.1, -0.05) is 0 Å². The standard InChI is InChI=1S/C5H9NO5/c1-2(7)3(4(8)9)6-5(10)11/h2-3,6-7H,1H3,(H,8,9)(H,10,11)/t2-,3+/m1/s1. The lowest BCUT2D eigenvalue weighted by atomic mass is 10.2. The van der Waals surface area contributed by atoms with Gasteiger partial charge in [0, 0.05) is 0 Å². The van der Waals surface area contributed by atoms with E-state index >= 15 is 0 Å². The number of aliphatic hydroxyl groups is 1. The van der Waals surface area contributed by atoms with Crippen molar-refractivity contribution in [3.63, 3.8) is 0 Å². The fourth-order valence-corrected chi connectivity index (χ4v) is 0.522. The van der Waals surface area contributed by atoms with Crippen LogP contribution in [0.25, 0.3) is 0 Å². The van der Waals surface area contributed by atoms with Crippen LogP contribution in [0.15, 0.2) is 0 Å². The third-order valence-corrected chi connectivity index (χ3v) is 1.03. The van der Waals surface area contributed by atoms with Gasteiger partial charge in [-0.15, -0.1) is 0 Å². The molecule has 1 amide bonds. The fraction of sp³-hybridized carbons (Fsp3) is 0.600. The zero-order valence-corrected chi connectivity index (χ0v) is 5.81. The molecule has 11 heavy (non-hydrogen) atoms. The molecule has 0 bridgehead atoms. The number of amides is 1. The normalized spacial score (nSPS) is 15.1. The van der Waals surface area contributed by atoms with Gasteiger partial charge >= 0.3 is 12.1 Å². The Morgan fingerprint density at radius 1 is 1.36 bits per heavy atom. The first-order valence-electron chi connectivity index (χ1n) is 2.85. The van der Waals surface area contributed by atoms with Crippen LogP contribution in [0, 0.1) is 0 Å². The molecule has 0 saturated heterocycles. The smallest absolute Gasteiger partial charge is 0.405 e. The largest absolute Gasteiger partial charge is 0.480 e. The molecule has 64 valence electrons. The molecule has 0 aromatic heterocycles. The number of carboxylic acids is 1. The van der Waals surface area contributed by atoms with Gasteiger partial charge < -0.3 is 20.6 Å². The quantitative estimate of drug-likeness (QED) is 0.430. The van der Waals surface area contributed by atoms with Crippen LogP contribution in [-0.2, 0) is 4.79 Å². The van der Waals surface area contributed by atoms with Gasteiger partial charge in [-0.05, 0) is 6.92 Å². The van der Waals surface area contributed by atoms with Crippen LogP contribution in [0.4, 0.5) is 4.79 Å². The summed E-state index contributed by atoms with van der Waals surface area (Å²) in [5, 5.41) is 26.8. The molecule has 0 saturated carbocycles. The Bertz CT molecular complexity index is 166. The SMILES string of the molecule is C[C@@H](O)[C@H](NC(=O)O)C(=O)O. The van der Waals surface area contributed by atoms with Crippen molar-refractivity contribution in [3.05, 3.63) is 0 Å². The van der Waals surface area contributed by atoms with E-state index in [0.29, 0.717) is 0 Å². The van der Waals surface area contributed by atoms with Crippen LogP contribution in [0.5, 0.6) is 0 Å². The number of nitrogens with one attached hydrogen (secondary N) is 1. The molecule has 6 heteroatoms. The van der Waals surface area contributed by atoms with Crippen LogP contribution < -0.4 is 5.32 Å². The molecule has 0 radical (unpaired) electrons. The molecule has 0 aromatic carbocycles. The minimum Gasteiger partial charge on any atom is -0.480 e. The first kappa shape index (κ1) is 9.70. The second-order valence-corrected chi connectivity index (χ2v) is 2.01. The zero-order chi connectivity index (χ0) is 9.02. The van der Waals surface area contributed by atoms with Gasteiger partial charge in [0.05, 0.1) is 6.10 Å². The molecule has 4 N–H and O–H groups in total. The Morgan fingerprint density at radius 2 is 1.82 bits per heavy atom. The second kappa shape index (κ2) is 3.77. The summed E-state index contributed by atoms with van der Waals surface area (Å²) >= 11 is 0. The van der Waals surface area contributed by atoms with E-state index < -0.39 is 24.2 Å². The maximum Gasteiger partial charge on any atom is 0.405 e. The van der Waals surface area contributed by atoms with E-state index in [2.05, 4.69) is 0 Å². The number of carbonyl (C=O) groups is 2. The third kappa shape index (κ3) is 3.41. The Kier molecular flexibility index (Phi) is 3.32. The summed E-state index contributed by atoms with van der Waals surface area (Å²) in [7, 11) is 0. The number of rotatable bonds is 3. The van der Waals surface area contributed by atoms with E-state index in [1.54, 1.807) is 5.32 Å². The first-order valence-corrected chi connectivity index (χ1v) is 2.85. The predicted molar refractivity (Wildman–Crippen MR) is 34.3 cm³/mol. The minimum absolute atomic E-state index is 1.19. The lowest BCUT2D eigenvalue weighted by molar-refractivity contribution is -0.141. The number of hydrogen-bond donors (Lipinski definition) is 4. The molecule has 0 unspecified atom stereocenters. The summed E-state index contributed by atoms with van der Waals surface area (Å²) in [4.78, 5) is 20.1. The lowest BCUT2D eigenvalue weighted by Gasteiger charge is -2.13. The van der Waals surface area contributed by atoms with Gasteiger partial charge in [0.1, 0.15) is 0 Å². The molecule has 0 aliphatic rings. The Balaban J connectivity index is 4.12. The molecule has 0 aliphatic carbocycles. The van der Waals surface area contributed by atoms with E-state index in [-0.39, 0.29) is 0 Å². The third-order valence-electron chi connectivity index (χ3n) is 1.03. The summed E-state index contributed by atoms with van der Waals surface area (Å²) in [6.45, 7) is 1.19. The monoisotopic (exact) mass is 163 g/mol. The minimum atomic E-state index is -1.47. The topological polar surface area (TPSA) is 107 Å². The van der Waals surface area contributed by atoms with Crippen molar-refractivity contribution < 1.29 is 24.9 Å². The van der Waals surface area contributed by atoms with Gasteiger partial charge in [0.2, 0.25) is 0 Å². The Morgan fingerprint density at radius 3 is 1.91 bits per heavy atom. The highest BCUT2D eigenvalue weighted by Gasteiger charge is 2.24. The number of aliphatic hydroxyl groups excluding tert-OH is 1. The number of aliphatic carboxylic acids is 1. The molecule has 6 nitrogen and oxygen atoms in total. The Labute approximate surface area is 62.5 Å². The van der Waals surface area contributed by atoms with Crippen molar-refractivity contribution in [1.29, 1.82) is 0 Å². The van der Waals surface area contributed by atoms with Gasteiger partial charge in [-0.2, -0.15) is 0 Å².